The average Bonchev–Trinajstić information content (AvgIpc) is 3.15. The summed E-state index contributed by atoms with van der Waals surface area (Å²) in [5, 5.41) is 24.3. The molecule has 0 bridgehead atoms. The summed E-state index contributed by atoms with van der Waals surface area (Å²) in [4.78, 5) is 52.9. The molecular formula is C26H21ClN2O9. The standard InChI is InChI=1S/C26H21ClN2O9/c1-11(30)18-14(31)9-17-26(2,22(18)33)20-15(32)8-16-19(21(20)38-17)23(34)29(25(36-3)37-16)24(35)28-10-12-5-4-6-13(27)7-12/h4-9,25,31-32H,10H2,1-3H3,(H,28,35)/t25?,26-/m1/s1. The molecule has 3 amide bonds. The van der Waals surface area contributed by atoms with E-state index in [1.807, 2.05) is 0 Å². The third kappa shape index (κ3) is 3.62. The van der Waals surface area contributed by atoms with Gasteiger partial charge < -0.3 is 29.7 Å². The molecule has 0 spiro atoms. The molecule has 2 aromatic carbocycles. The molecule has 2 aromatic rings. The summed E-state index contributed by atoms with van der Waals surface area (Å²) in [5.41, 5.74) is -1.87. The summed E-state index contributed by atoms with van der Waals surface area (Å²) < 4.78 is 16.7. The number of hydrogen-bond acceptors (Lipinski definition) is 9. The van der Waals surface area contributed by atoms with Crippen LogP contribution in [0.15, 0.2) is 53.5 Å². The first-order chi connectivity index (χ1) is 18.0. The number of ketones is 2. The molecule has 0 saturated carbocycles. The lowest BCUT2D eigenvalue weighted by Crippen LogP contribution is -2.54. The number of Topliss-reactive ketones (excluding diaryl/α,β-unsaturated/α-hetero) is 2. The molecule has 2 aliphatic heterocycles. The summed E-state index contributed by atoms with van der Waals surface area (Å²) in [5.74, 6) is -3.95. The molecule has 12 heteroatoms. The van der Waals surface area contributed by atoms with Crippen LogP contribution in [-0.4, -0.2) is 52.1 Å². The minimum absolute atomic E-state index is 0.0366. The number of urea groups is 1. The average molecular weight is 541 g/mol. The van der Waals surface area contributed by atoms with E-state index in [0.29, 0.717) is 15.5 Å². The van der Waals surface area contributed by atoms with E-state index in [4.69, 9.17) is 25.8 Å². The molecule has 3 aliphatic rings. The Bertz CT molecular complexity index is 1510. The van der Waals surface area contributed by atoms with Gasteiger partial charge in [-0.15, -0.1) is 0 Å². The summed E-state index contributed by atoms with van der Waals surface area (Å²) in [6, 6.07) is 7.02. The van der Waals surface area contributed by atoms with Crippen LogP contribution in [0.5, 0.6) is 17.2 Å². The van der Waals surface area contributed by atoms with Crippen molar-refractivity contribution >= 4 is 35.1 Å². The fraction of sp³-hybridized carbons (Fsp3) is 0.231. The molecule has 1 unspecified atom stereocenters. The number of phenolic OH excluding ortho intramolecular Hbond substituents is 1. The minimum Gasteiger partial charge on any atom is -0.507 e. The first-order valence-corrected chi connectivity index (χ1v) is 11.7. The fourth-order valence-electron chi connectivity index (χ4n) is 4.77. The lowest BCUT2D eigenvalue weighted by molar-refractivity contribution is -0.129. The van der Waals surface area contributed by atoms with E-state index in [-0.39, 0.29) is 34.9 Å². The van der Waals surface area contributed by atoms with Crippen molar-refractivity contribution in [2.45, 2.75) is 32.2 Å². The number of halogens is 1. The molecule has 2 atom stereocenters. The molecule has 38 heavy (non-hydrogen) atoms. The number of aromatic hydroxyl groups is 1. The number of allylic oxidation sites excluding steroid dienone is 3. The maximum absolute atomic E-state index is 13.7. The second kappa shape index (κ2) is 8.89. The van der Waals surface area contributed by atoms with Gasteiger partial charge in [0.25, 0.3) is 12.3 Å². The van der Waals surface area contributed by atoms with Crippen LogP contribution in [0.1, 0.15) is 35.3 Å². The van der Waals surface area contributed by atoms with Gasteiger partial charge in [0.2, 0.25) is 0 Å². The molecule has 0 radical (unpaired) electrons. The van der Waals surface area contributed by atoms with Gasteiger partial charge in [-0.3, -0.25) is 14.4 Å². The van der Waals surface area contributed by atoms with Crippen LogP contribution in [0.4, 0.5) is 4.79 Å². The van der Waals surface area contributed by atoms with E-state index in [1.54, 1.807) is 24.3 Å². The number of hydrogen-bond donors (Lipinski definition) is 3. The molecular weight excluding hydrogens is 520 g/mol. The molecule has 2 heterocycles. The maximum Gasteiger partial charge on any atom is 0.329 e. The Labute approximate surface area is 220 Å². The lowest BCUT2D eigenvalue weighted by atomic mass is 9.71. The monoisotopic (exact) mass is 540 g/mol. The minimum atomic E-state index is -1.72. The number of aliphatic hydroxyl groups is 1. The number of amides is 3. The zero-order chi connectivity index (χ0) is 27.5. The van der Waals surface area contributed by atoms with Gasteiger partial charge in [-0.05, 0) is 31.5 Å². The van der Waals surface area contributed by atoms with E-state index in [1.165, 1.54) is 14.0 Å². The lowest BCUT2D eigenvalue weighted by Gasteiger charge is -2.34. The number of rotatable bonds is 4. The van der Waals surface area contributed by atoms with E-state index < -0.39 is 52.4 Å². The number of fused-ring (bicyclic) bond motifs is 5. The van der Waals surface area contributed by atoms with Gasteiger partial charge in [-0.2, -0.15) is 4.90 Å². The van der Waals surface area contributed by atoms with E-state index in [9.17, 15) is 29.4 Å². The quantitative estimate of drug-likeness (QED) is 0.496. The predicted octanol–water partition coefficient (Wildman–Crippen LogP) is 3.24. The number of nitrogens with one attached hydrogen (secondary N) is 1. The SMILES string of the molecule is COC1Oc2cc(O)c3c(c2C(=O)N1C(=O)NCc1cccc(Cl)c1)OC1=CC(O)=C(C(C)=O)C(=O)[C@]13C. The van der Waals surface area contributed by atoms with Crippen LogP contribution in [0.2, 0.25) is 5.02 Å². The van der Waals surface area contributed by atoms with Crippen molar-refractivity contribution in [3.05, 3.63) is 75.2 Å². The van der Waals surface area contributed by atoms with Crippen molar-refractivity contribution in [2.75, 3.05) is 7.11 Å². The van der Waals surface area contributed by atoms with Crippen molar-refractivity contribution in [2.24, 2.45) is 0 Å². The number of ether oxygens (including phenoxy) is 3. The smallest absolute Gasteiger partial charge is 0.329 e. The van der Waals surface area contributed by atoms with Crippen LogP contribution in [0.3, 0.4) is 0 Å². The summed E-state index contributed by atoms with van der Waals surface area (Å²) >= 11 is 5.99. The normalized spacial score (nSPS) is 21.6. The number of carbonyl (C=O) groups excluding carboxylic acids is 4. The van der Waals surface area contributed by atoms with Gasteiger partial charge in [0.15, 0.2) is 17.3 Å². The Balaban J connectivity index is 1.55. The second-order valence-electron chi connectivity index (χ2n) is 8.98. The second-order valence-corrected chi connectivity index (χ2v) is 9.41. The van der Waals surface area contributed by atoms with Crippen LogP contribution in [-0.2, 0) is 26.3 Å². The number of phenols is 1. The van der Waals surface area contributed by atoms with Crippen LogP contribution in [0.25, 0.3) is 0 Å². The predicted molar refractivity (Wildman–Crippen MR) is 131 cm³/mol. The van der Waals surface area contributed by atoms with Crippen LogP contribution < -0.4 is 14.8 Å². The van der Waals surface area contributed by atoms with Gasteiger partial charge in [0, 0.05) is 30.8 Å². The Morgan fingerprint density at radius 1 is 1.24 bits per heavy atom. The highest BCUT2D eigenvalue weighted by molar-refractivity contribution is 6.30. The van der Waals surface area contributed by atoms with Crippen LogP contribution in [0, 0.1) is 0 Å². The number of carbonyl (C=O) groups is 4. The van der Waals surface area contributed by atoms with Crippen molar-refractivity contribution in [1.82, 2.24) is 10.2 Å². The maximum atomic E-state index is 13.7. The van der Waals surface area contributed by atoms with Gasteiger partial charge in [-0.25, -0.2) is 4.79 Å². The first kappa shape index (κ1) is 25.3. The largest absolute Gasteiger partial charge is 0.507 e. The number of benzene rings is 2. The Morgan fingerprint density at radius 3 is 2.63 bits per heavy atom. The molecule has 5 rings (SSSR count). The first-order valence-electron chi connectivity index (χ1n) is 11.3. The molecule has 196 valence electrons. The van der Waals surface area contributed by atoms with E-state index in [0.717, 1.165) is 19.1 Å². The molecule has 0 fully saturated rings. The summed E-state index contributed by atoms with van der Waals surface area (Å²) in [6.45, 7) is 2.56. The van der Waals surface area contributed by atoms with Crippen molar-refractivity contribution in [3.8, 4) is 17.2 Å². The van der Waals surface area contributed by atoms with Crippen molar-refractivity contribution in [3.63, 3.8) is 0 Å². The molecule has 0 saturated heterocycles. The summed E-state index contributed by atoms with van der Waals surface area (Å²) in [7, 11) is 1.22. The Kier molecular flexibility index (Phi) is 5.92. The van der Waals surface area contributed by atoms with Crippen LogP contribution >= 0.6 is 11.6 Å². The Morgan fingerprint density at radius 2 is 1.97 bits per heavy atom. The molecule has 0 aromatic heterocycles. The third-order valence-corrected chi connectivity index (χ3v) is 6.85. The van der Waals surface area contributed by atoms with Gasteiger partial charge in [-0.1, -0.05) is 23.7 Å². The zero-order valence-electron chi connectivity index (χ0n) is 20.3. The number of methoxy groups -OCH3 is 1. The molecule has 1 aliphatic carbocycles. The number of imide groups is 1. The topological polar surface area (TPSA) is 152 Å². The van der Waals surface area contributed by atoms with Gasteiger partial charge in [0.1, 0.15) is 39.6 Å². The van der Waals surface area contributed by atoms with E-state index in [2.05, 4.69) is 5.32 Å². The molecule has 3 N–H and O–H groups in total. The Hall–Kier alpha value is -4.35. The van der Waals surface area contributed by atoms with E-state index >= 15 is 0 Å². The number of aliphatic hydroxyl groups excluding tert-OH is 1. The third-order valence-electron chi connectivity index (χ3n) is 6.61. The van der Waals surface area contributed by atoms with Gasteiger partial charge in [0.05, 0.1) is 5.56 Å². The molecule has 11 nitrogen and oxygen atoms in total. The number of nitrogens with zero attached hydrogens (tertiary/aromatic N) is 1. The highest BCUT2D eigenvalue weighted by Crippen LogP contribution is 2.57. The highest BCUT2D eigenvalue weighted by Gasteiger charge is 2.56. The zero-order valence-corrected chi connectivity index (χ0v) is 21.1. The summed E-state index contributed by atoms with van der Waals surface area (Å²) in [6.07, 6.45) is -0.395. The van der Waals surface area contributed by atoms with Crippen molar-refractivity contribution < 1.29 is 43.6 Å². The van der Waals surface area contributed by atoms with Gasteiger partial charge >= 0.3 is 6.03 Å². The fourth-order valence-corrected chi connectivity index (χ4v) is 4.98. The highest BCUT2D eigenvalue weighted by atomic mass is 35.5. The van der Waals surface area contributed by atoms with Crippen molar-refractivity contribution in [1.29, 1.82) is 0 Å².